The molecule has 0 atom stereocenters. The van der Waals surface area contributed by atoms with E-state index in [0.29, 0.717) is 24.5 Å². The quantitative estimate of drug-likeness (QED) is 0.611. The van der Waals surface area contributed by atoms with Crippen LogP contribution in [0.2, 0.25) is 0 Å². The number of nitrogens with zero attached hydrogens (tertiary/aromatic N) is 1. The summed E-state index contributed by atoms with van der Waals surface area (Å²) in [6.07, 6.45) is 0. The summed E-state index contributed by atoms with van der Waals surface area (Å²) in [5, 5.41) is 0. The first-order chi connectivity index (χ1) is 10.0. The Kier molecular flexibility index (Phi) is 6.52. The van der Waals surface area contributed by atoms with E-state index in [-0.39, 0.29) is 24.7 Å². The van der Waals surface area contributed by atoms with Gasteiger partial charge in [-0.2, -0.15) is 0 Å². The molecule has 0 fully saturated rings. The lowest BCUT2D eigenvalue weighted by molar-refractivity contribution is -0.133. The van der Waals surface area contributed by atoms with Crippen molar-refractivity contribution in [1.82, 2.24) is 4.90 Å². The van der Waals surface area contributed by atoms with Gasteiger partial charge in [0.1, 0.15) is 11.3 Å². The van der Waals surface area contributed by atoms with Crippen LogP contribution >= 0.6 is 0 Å². The highest BCUT2D eigenvalue weighted by Crippen LogP contribution is 2.22. The molecule has 21 heavy (non-hydrogen) atoms. The molecule has 6 nitrogen and oxygen atoms in total. The fourth-order valence-electron chi connectivity index (χ4n) is 1.85. The number of benzene rings is 1. The number of esters is 1. The number of rotatable bonds is 7. The van der Waals surface area contributed by atoms with Gasteiger partial charge in [-0.25, -0.2) is 4.79 Å². The minimum absolute atomic E-state index is 0.127. The van der Waals surface area contributed by atoms with Crippen molar-refractivity contribution in [2.24, 2.45) is 0 Å². The van der Waals surface area contributed by atoms with Crippen LogP contribution < -0.4 is 10.5 Å². The standard InChI is InChI=1S/C15H22N2O4/c1-4-17(5-2)14(18)10-21-13-8-7-11(16)9-12(13)15(19)20-6-3/h7-9H,4-6,10,16H2,1-3H3. The maximum Gasteiger partial charge on any atom is 0.341 e. The second-order valence-electron chi connectivity index (χ2n) is 4.33. The van der Waals surface area contributed by atoms with Crippen molar-refractivity contribution in [3.05, 3.63) is 23.8 Å². The van der Waals surface area contributed by atoms with E-state index in [2.05, 4.69) is 0 Å². The van der Waals surface area contributed by atoms with Crippen molar-refractivity contribution in [3.8, 4) is 5.75 Å². The number of carbonyl (C=O) groups excluding carboxylic acids is 2. The highest BCUT2D eigenvalue weighted by molar-refractivity contribution is 5.93. The molecular formula is C15H22N2O4. The van der Waals surface area contributed by atoms with Gasteiger partial charge in [0, 0.05) is 18.8 Å². The summed E-state index contributed by atoms with van der Waals surface area (Å²) >= 11 is 0. The Balaban J connectivity index is 2.83. The van der Waals surface area contributed by atoms with Crippen LogP contribution in [0.25, 0.3) is 0 Å². The number of anilines is 1. The predicted octanol–water partition coefficient (Wildman–Crippen LogP) is 1.69. The monoisotopic (exact) mass is 294 g/mol. The number of hydrogen-bond acceptors (Lipinski definition) is 5. The number of nitrogen functional groups attached to an aromatic ring is 1. The molecule has 0 aromatic heterocycles. The van der Waals surface area contributed by atoms with Gasteiger partial charge in [-0.05, 0) is 39.0 Å². The molecular weight excluding hydrogens is 272 g/mol. The topological polar surface area (TPSA) is 81.9 Å². The third kappa shape index (κ3) is 4.66. The molecule has 0 heterocycles. The molecule has 0 saturated carbocycles. The van der Waals surface area contributed by atoms with Crippen LogP contribution in [0.1, 0.15) is 31.1 Å². The van der Waals surface area contributed by atoms with Crippen molar-refractivity contribution < 1.29 is 19.1 Å². The second kappa shape index (κ2) is 8.14. The Hall–Kier alpha value is -2.24. The van der Waals surface area contributed by atoms with E-state index in [4.69, 9.17) is 15.2 Å². The zero-order valence-corrected chi connectivity index (χ0v) is 12.7. The Labute approximate surface area is 124 Å². The first kappa shape index (κ1) is 16.8. The molecule has 0 aliphatic rings. The molecule has 116 valence electrons. The van der Waals surface area contributed by atoms with Gasteiger partial charge in [0.05, 0.1) is 6.61 Å². The Bertz CT molecular complexity index is 498. The van der Waals surface area contributed by atoms with E-state index in [1.165, 1.54) is 6.07 Å². The molecule has 6 heteroatoms. The fourth-order valence-corrected chi connectivity index (χ4v) is 1.85. The summed E-state index contributed by atoms with van der Waals surface area (Å²) in [6.45, 7) is 6.87. The van der Waals surface area contributed by atoms with Crippen molar-refractivity contribution in [2.75, 3.05) is 32.0 Å². The average molecular weight is 294 g/mol. The minimum Gasteiger partial charge on any atom is -0.483 e. The number of ether oxygens (including phenoxy) is 2. The Morgan fingerprint density at radius 1 is 1.19 bits per heavy atom. The van der Waals surface area contributed by atoms with Crippen LogP contribution in [-0.2, 0) is 9.53 Å². The third-order valence-corrected chi connectivity index (χ3v) is 2.97. The summed E-state index contributed by atoms with van der Waals surface area (Å²) in [5.41, 5.74) is 6.33. The van der Waals surface area contributed by atoms with E-state index >= 15 is 0 Å². The molecule has 0 radical (unpaired) electrons. The first-order valence-corrected chi connectivity index (χ1v) is 7.00. The number of likely N-dealkylation sites (N-methyl/N-ethyl adjacent to an activating group) is 1. The highest BCUT2D eigenvalue weighted by Gasteiger charge is 2.16. The van der Waals surface area contributed by atoms with Crippen LogP contribution in [0.15, 0.2) is 18.2 Å². The van der Waals surface area contributed by atoms with Crippen LogP contribution in [0, 0.1) is 0 Å². The smallest absolute Gasteiger partial charge is 0.341 e. The minimum atomic E-state index is -0.518. The summed E-state index contributed by atoms with van der Waals surface area (Å²) in [5.74, 6) is -0.357. The van der Waals surface area contributed by atoms with Crippen molar-refractivity contribution in [1.29, 1.82) is 0 Å². The maximum atomic E-state index is 11.9. The van der Waals surface area contributed by atoms with Gasteiger partial charge in [-0.15, -0.1) is 0 Å². The molecule has 0 saturated heterocycles. The van der Waals surface area contributed by atoms with E-state index in [1.54, 1.807) is 24.0 Å². The molecule has 1 rings (SSSR count). The molecule has 0 unspecified atom stereocenters. The molecule has 0 bridgehead atoms. The molecule has 0 aliphatic carbocycles. The highest BCUT2D eigenvalue weighted by atomic mass is 16.5. The lowest BCUT2D eigenvalue weighted by Crippen LogP contribution is -2.34. The summed E-state index contributed by atoms with van der Waals surface area (Å²) in [4.78, 5) is 25.4. The Morgan fingerprint density at radius 3 is 2.43 bits per heavy atom. The summed E-state index contributed by atoms with van der Waals surface area (Å²) in [6, 6.07) is 4.66. The molecule has 1 aromatic carbocycles. The normalized spacial score (nSPS) is 10.0. The molecule has 2 N–H and O–H groups in total. The Morgan fingerprint density at radius 2 is 1.86 bits per heavy atom. The molecule has 0 spiro atoms. The van der Waals surface area contributed by atoms with Crippen molar-refractivity contribution >= 4 is 17.6 Å². The lowest BCUT2D eigenvalue weighted by atomic mass is 10.2. The number of amides is 1. The van der Waals surface area contributed by atoms with E-state index < -0.39 is 5.97 Å². The van der Waals surface area contributed by atoms with Crippen LogP contribution in [0.4, 0.5) is 5.69 Å². The van der Waals surface area contributed by atoms with Crippen LogP contribution in [0.3, 0.4) is 0 Å². The predicted molar refractivity (Wildman–Crippen MR) is 80.2 cm³/mol. The second-order valence-corrected chi connectivity index (χ2v) is 4.33. The molecule has 1 amide bonds. The molecule has 1 aromatic rings. The lowest BCUT2D eigenvalue weighted by Gasteiger charge is -2.19. The van der Waals surface area contributed by atoms with Gasteiger partial charge in [-0.3, -0.25) is 4.79 Å². The van der Waals surface area contributed by atoms with E-state index in [9.17, 15) is 9.59 Å². The first-order valence-electron chi connectivity index (χ1n) is 7.00. The van der Waals surface area contributed by atoms with E-state index in [0.717, 1.165) is 0 Å². The van der Waals surface area contributed by atoms with Gasteiger partial charge in [0.2, 0.25) is 0 Å². The maximum absolute atomic E-state index is 11.9. The van der Waals surface area contributed by atoms with Crippen molar-refractivity contribution in [2.45, 2.75) is 20.8 Å². The number of hydrogen-bond donors (Lipinski definition) is 1. The fraction of sp³-hybridized carbons (Fsp3) is 0.467. The third-order valence-electron chi connectivity index (χ3n) is 2.97. The van der Waals surface area contributed by atoms with Gasteiger partial charge in [0.15, 0.2) is 6.61 Å². The average Bonchev–Trinajstić information content (AvgIpc) is 2.47. The van der Waals surface area contributed by atoms with E-state index in [1.807, 2.05) is 13.8 Å². The van der Waals surface area contributed by atoms with Crippen LogP contribution in [-0.4, -0.2) is 43.1 Å². The van der Waals surface area contributed by atoms with Gasteiger partial charge >= 0.3 is 5.97 Å². The number of nitrogens with two attached hydrogens (primary N) is 1. The van der Waals surface area contributed by atoms with Gasteiger partial charge in [0.25, 0.3) is 5.91 Å². The summed E-state index contributed by atoms with van der Waals surface area (Å²) < 4.78 is 10.4. The molecule has 0 aliphatic heterocycles. The summed E-state index contributed by atoms with van der Waals surface area (Å²) in [7, 11) is 0. The zero-order chi connectivity index (χ0) is 15.8. The number of carbonyl (C=O) groups is 2. The zero-order valence-electron chi connectivity index (χ0n) is 12.7. The van der Waals surface area contributed by atoms with Gasteiger partial charge < -0.3 is 20.1 Å². The SMILES string of the molecule is CCOC(=O)c1cc(N)ccc1OCC(=O)N(CC)CC. The van der Waals surface area contributed by atoms with Crippen molar-refractivity contribution in [3.63, 3.8) is 0 Å². The van der Waals surface area contributed by atoms with Gasteiger partial charge in [-0.1, -0.05) is 0 Å². The largest absolute Gasteiger partial charge is 0.483 e. The van der Waals surface area contributed by atoms with Crippen LogP contribution in [0.5, 0.6) is 5.75 Å².